The average molecular weight is 276 g/mol. The van der Waals surface area contributed by atoms with E-state index in [0.717, 1.165) is 29.7 Å². The van der Waals surface area contributed by atoms with Crippen molar-refractivity contribution in [1.82, 2.24) is 19.5 Å². The minimum Gasteiger partial charge on any atom is -0.395 e. The Morgan fingerprint density at radius 2 is 2.15 bits per heavy atom. The van der Waals surface area contributed by atoms with Gasteiger partial charge in [-0.15, -0.1) is 6.58 Å². The van der Waals surface area contributed by atoms with Crippen LogP contribution in [0.1, 0.15) is 13.3 Å². The number of anilines is 2. The van der Waals surface area contributed by atoms with Gasteiger partial charge in [0.05, 0.1) is 12.9 Å². The molecule has 3 N–H and O–H groups in total. The van der Waals surface area contributed by atoms with Crippen molar-refractivity contribution in [2.24, 2.45) is 7.05 Å². The van der Waals surface area contributed by atoms with Gasteiger partial charge in [-0.1, -0.05) is 5.57 Å². The standard InChI is InChI=1S/C13H20N6O/c1-9(2)4-5-14-11-10-12(19(3)8-16-10)18-13(17-11)15-6-7-20/h8,20H,1,4-7H2,2-3H3,(H2,14,15,17,18). The van der Waals surface area contributed by atoms with Gasteiger partial charge in [0.1, 0.15) is 0 Å². The average Bonchev–Trinajstić information content (AvgIpc) is 2.78. The Balaban J connectivity index is 2.27. The van der Waals surface area contributed by atoms with Crippen LogP contribution in [0.25, 0.3) is 11.2 Å². The van der Waals surface area contributed by atoms with Crippen LogP contribution < -0.4 is 10.6 Å². The molecule has 0 aromatic carbocycles. The second kappa shape index (κ2) is 6.33. The van der Waals surface area contributed by atoms with E-state index in [9.17, 15) is 0 Å². The zero-order valence-corrected chi connectivity index (χ0v) is 11.8. The van der Waals surface area contributed by atoms with Crippen LogP contribution in [0.4, 0.5) is 11.8 Å². The van der Waals surface area contributed by atoms with Gasteiger partial charge in [-0.2, -0.15) is 9.97 Å². The zero-order chi connectivity index (χ0) is 14.5. The van der Waals surface area contributed by atoms with Crippen molar-refractivity contribution >= 4 is 22.9 Å². The van der Waals surface area contributed by atoms with Crippen LogP contribution in [0.3, 0.4) is 0 Å². The minimum absolute atomic E-state index is 0.0329. The summed E-state index contributed by atoms with van der Waals surface area (Å²) in [4.78, 5) is 13.1. The van der Waals surface area contributed by atoms with Crippen molar-refractivity contribution in [1.29, 1.82) is 0 Å². The van der Waals surface area contributed by atoms with Crippen LogP contribution in [0.2, 0.25) is 0 Å². The summed E-state index contributed by atoms with van der Waals surface area (Å²) in [5.74, 6) is 1.17. The smallest absolute Gasteiger partial charge is 0.226 e. The van der Waals surface area contributed by atoms with Gasteiger partial charge < -0.3 is 20.3 Å². The molecule has 7 nitrogen and oxygen atoms in total. The number of nitrogens with zero attached hydrogens (tertiary/aromatic N) is 4. The van der Waals surface area contributed by atoms with E-state index < -0.39 is 0 Å². The highest BCUT2D eigenvalue weighted by Crippen LogP contribution is 2.20. The Labute approximate surface area is 117 Å². The van der Waals surface area contributed by atoms with Crippen molar-refractivity contribution in [3.8, 4) is 0 Å². The molecule has 0 radical (unpaired) electrons. The van der Waals surface area contributed by atoms with Crippen LogP contribution in [-0.2, 0) is 7.05 Å². The van der Waals surface area contributed by atoms with Crippen LogP contribution in [0.15, 0.2) is 18.5 Å². The lowest BCUT2D eigenvalue weighted by atomic mass is 10.2. The van der Waals surface area contributed by atoms with Gasteiger partial charge in [0.15, 0.2) is 17.0 Å². The summed E-state index contributed by atoms with van der Waals surface area (Å²) in [6.45, 7) is 7.06. The number of aryl methyl sites for hydroxylation is 1. The number of hydrogen-bond donors (Lipinski definition) is 3. The van der Waals surface area contributed by atoms with Crippen molar-refractivity contribution in [2.45, 2.75) is 13.3 Å². The molecule has 0 spiro atoms. The maximum Gasteiger partial charge on any atom is 0.226 e. The number of imidazole rings is 1. The summed E-state index contributed by atoms with van der Waals surface area (Å²) < 4.78 is 1.84. The molecular formula is C13H20N6O. The van der Waals surface area contributed by atoms with Gasteiger partial charge in [0, 0.05) is 20.1 Å². The summed E-state index contributed by atoms with van der Waals surface area (Å²) >= 11 is 0. The number of rotatable bonds is 7. The highest BCUT2D eigenvalue weighted by molar-refractivity contribution is 5.84. The SMILES string of the molecule is C=C(C)CCNc1nc(NCCO)nc2c1ncn2C. The van der Waals surface area contributed by atoms with E-state index in [1.54, 1.807) is 6.33 Å². The number of hydrogen-bond acceptors (Lipinski definition) is 6. The fourth-order valence-corrected chi connectivity index (χ4v) is 1.77. The Morgan fingerprint density at radius 3 is 2.85 bits per heavy atom. The first-order chi connectivity index (χ1) is 9.61. The third-order valence-electron chi connectivity index (χ3n) is 2.80. The summed E-state index contributed by atoms with van der Waals surface area (Å²) in [5.41, 5.74) is 2.60. The van der Waals surface area contributed by atoms with E-state index in [-0.39, 0.29) is 6.61 Å². The van der Waals surface area contributed by atoms with Gasteiger partial charge in [-0.05, 0) is 13.3 Å². The van der Waals surface area contributed by atoms with Crippen molar-refractivity contribution in [3.63, 3.8) is 0 Å². The first-order valence-electron chi connectivity index (χ1n) is 6.54. The molecule has 2 aromatic rings. The number of aliphatic hydroxyl groups is 1. The molecule has 0 saturated heterocycles. The minimum atomic E-state index is 0.0329. The first-order valence-corrected chi connectivity index (χ1v) is 6.54. The number of aliphatic hydroxyl groups excluding tert-OH is 1. The number of fused-ring (bicyclic) bond motifs is 1. The topological polar surface area (TPSA) is 87.9 Å². The maximum atomic E-state index is 8.87. The van der Waals surface area contributed by atoms with Gasteiger partial charge >= 0.3 is 0 Å². The third kappa shape index (κ3) is 3.24. The van der Waals surface area contributed by atoms with E-state index in [2.05, 4.69) is 32.2 Å². The molecule has 20 heavy (non-hydrogen) atoms. The van der Waals surface area contributed by atoms with E-state index in [0.29, 0.717) is 18.3 Å². The second-order valence-corrected chi connectivity index (χ2v) is 4.71. The summed E-state index contributed by atoms with van der Waals surface area (Å²) in [6.07, 6.45) is 2.58. The Bertz CT molecular complexity index is 606. The zero-order valence-electron chi connectivity index (χ0n) is 11.8. The molecule has 2 heterocycles. The fourth-order valence-electron chi connectivity index (χ4n) is 1.77. The Kier molecular flexibility index (Phi) is 4.52. The predicted octanol–water partition coefficient (Wildman–Crippen LogP) is 1.15. The molecule has 0 amide bonds. The highest BCUT2D eigenvalue weighted by atomic mass is 16.3. The molecular weight excluding hydrogens is 256 g/mol. The summed E-state index contributed by atoms with van der Waals surface area (Å²) in [6, 6.07) is 0. The molecule has 0 atom stereocenters. The lowest BCUT2D eigenvalue weighted by molar-refractivity contribution is 0.311. The number of nitrogens with one attached hydrogen (secondary N) is 2. The van der Waals surface area contributed by atoms with Crippen molar-refractivity contribution < 1.29 is 5.11 Å². The molecule has 2 aromatic heterocycles. The second-order valence-electron chi connectivity index (χ2n) is 4.71. The summed E-state index contributed by atoms with van der Waals surface area (Å²) in [7, 11) is 1.88. The van der Waals surface area contributed by atoms with Gasteiger partial charge in [0.25, 0.3) is 0 Å². The quantitative estimate of drug-likeness (QED) is 0.657. The largest absolute Gasteiger partial charge is 0.395 e. The molecule has 0 aliphatic heterocycles. The molecule has 108 valence electrons. The molecule has 0 unspecified atom stereocenters. The highest BCUT2D eigenvalue weighted by Gasteiger charge is 2.11. The molecule has 0 fully saturated rings. The van der Waals surface area contributed by atoms with Crippen LogP contribution >= 0.6 is 0 Å². The molecule has 0 saturated carbocycles. The van der Waals surface area contributed by atoms with Gasteiger partial charge in [0.2, 0.25) is 5.95 Å². The van der Waals surface area contributed by atoms with E-state index in [4.69, 9.17) is 5.11 Å². The fraction of sp³-hybridized carbons (Fsp3) is 0.462. The van der Waals surface area contributed by atoms with E-state index >= 15 is 0 Å². The van der Waals surface area contributed by atoms with Crippen molar-refractivity contribution in [2.75, 3.05) is 30.3 Å². The predicted molar refractivity (Wildman–Crippen MR) is 79.8 cm³/mol. The monoisotopic (exact) mass is 276 g/mol. The summed E-state index contributed by atoms with van der Waals surface area (Å²) in [5, 5.41) is 15.1. The number of aromatic nitrogens is 4. The Hall–Kier alpha value is -2.15. The molecule has 0 bridgehead atoms. The van der Waals surface area contributed by atoms with Gasteiger partial charge in [-0.3, -0.25) is 0 Å². The lowest BCUT2D eigenvalue weighted by Gasteiger charge is -2.09. The van der Waals surface area contributed by atoms with Gasteiger partial charge in [-0.25, -0.2) is 4.98 Å². The molecule has 7 heteroatoms. The molecule has 0 aliphatic rings. The first kappa shape index (κ1) is 14.3. The van der Waals surface area contributed by atoms with E-state index in [1.807, 2.05) is 18.5 Å². The lowest BCUT2D eigenvalue weighted by Crippen LogP contribution is -2.12. The van der Waals surface area contributed by atoms with Crippen LogP contribution in [0.5, 0.6) is 0 Å². The van der Waals surface area contributed by atoms with Crippen molar-refractivity contribution in [3.05, 3.63) is 18.5 Å². The molecule has 0 aliphatic carbocycles. The Morgan fingerprint density at radius 1 is 1.35 bits per heavy atom. The normalized spacial score (nSPS) is 10.8. The van der Waals surface area contributed by atoms with E-state index in [1.165, 1.54) is 0 Å². The van der Waals surface area contributed by atoms with Crippen LogP contribution in [-0.4, -0.2) is 44.3 Å². The van der Waals surface area contributed by atoms with Crippen LogP contribution in [0, 0.1) is 0 Å². The molecule has 2 rings (SSSR count). The maximum absolute atomic E-state index is 8.87. The third-order valence-corrected chi connectivity index (χ3v) is 2.80.